The number of nitrogens with one attached hydrogen (secondary N) is 1. The Morgan fingerprint density at radius 3 is 2.39 bits per heavy atom. The average Bonchev–Trinajstić information content (AvgIpc) is 2.72. The number of halogens is 3. The molecular formula is C21H21F3N2O2. The van der Waals surface area contributed by atoms with Crippen LogP contribution in [0.15, 0.2) is 42.5 Å². The molecule has 28 heavy (non-hydrogen) atoms. The van der Waals surface area contributed by atoms with E-state index in [2.05, 4.69) is 5.32 Å². The average molecular weight is 390 g/mol. The van der Waals surface area contributed by atoms with Gasteiger partial charge in [-0.2, -0.15) is 18.4 Å². The molecule has 0 radical (unpaired) electrons. The minimum atomic E-state index is -4.57. The van der Waals surface area contributed by atoms with Crippen LogP contribution in [0.2, 0.25) is 0 Å². The van der Waals surface area contributed by atoms with Crippen LogP contribution in [-0.4, -0.2) is 26.9 Å². The second-order valence-electron chi connectivity index (χ2n) is 6.84. The van der Waals surface area contributed by atoms with E-state index in [1.165, 1.54) is 12.1 Å². The number of alkyl halides is 3. The van der Waals surface area contributed by atoms with Crippen LogP contribution in [0, 0.1) is 11.3 Å². The van der Waals surface area contributed by atoms with E-state index in [0.29, 0.717) is 25.4 Å². The minimum Gasteiger partial charge on any atom is -0.497 e. The Balaban J connectivity index is 1.86. The molecule has 0 spiro atoms. The molecule has 2 aromatic carbocycles. The summed E-state index contributed by atoms with van der Waals surface area (Å²) in [5.41, 5.74) is -0.129. The number of rotatable bonds is 5. The highest BCUT2D eigenvalue weighted by molar-refractivity contribution is 5.53. The molecule has 1 aliphatic heterocycles. The van der Waals surface area contributed by atoms with Gasteiger partial charge in [0.2, 0.25) is 0 Å². The summed E-state index contributed by atoms with van der Waals surface area (Å²) in [7, 11) is 1.60. The molecule has 0 bridgehead atoms. The summed E-state index contributed by atoms with van der Waals surface area (Å²) in [4.78, 5) is 0. The molecule has 3 rings (SSSR count). The highest BCUT2D eigenvalue weighted by atomic mass is 19.4. The molecule has 148 valence electrons. The molecule has 0 atom stereocenters. The van der Waals surface area contributed by atoms with Gasteiger partial charge in [0, 0.05) is 30.9 Å². The maximum absolute atomic E-state index is 13.2. The standard InChI is InChI=1S/C21H21F3N2O2/c1-27-18-6-3-16(4-7-18)20(8-10-28-11-9-20)14-26-17-5-2-15(13-25)19(12-17)21(22,23)24/h2-7,12,26H,8-11,14H2,1H3. The zero-order valence-corrected chi connectivity index (χ0v) is 15.5. The lowest BCUT2D eigenvalue weighted by molar-refractivity contribution is -0.137. The van der Waals surface area contributed by atoms with Crippen molar-refractivity contribution in [3.05, 3.63) is 59.2 Å². The van der Waals surface area contributed by atoms with E-state index in [1.807, 2.05) is 24.3 Å². The van der Waals surface area contributed by atoms with Crippen molar-refractivity contribution in [3.63, 3.8) is 0 Å². The fourth-order valence-electron chi connectivity index (χ4n) is 3.53. The van der Waals surface area contributed by atoms with E-state index in [-0.39, 0.29) is 11.0 Å². The normalized spacial score (nSPS) is 16.2. The number of methoxy groups -OCH3 is 1. The van der Waals surface area contributed by atoms with E-state index in [9.17, 15) is 13.2 Å². The van der Waals surface area contributed by atoms with Gasteiger partial charge in [0.05, 0.1) is 24.3 Å². The highest BCUT2D eigenvalue weighted by Gasteiger charge is 2.36. The van der Waals surface area contributed by atoms with Crippen molar-refractivity contribution in [2.24, 2.45) is 0 Å². The molecule has 7 heteroatoms. The van der Waals surface area contributed by atoms with Crippen molar-refractivity contribution < 1.29 is 22.6 Å². The van der Waals surface area contributed by atoms with E-state index in [1.54, 1.807) is 13.2 Å². The summed E-state index contributed by atoms with van der Waals surface area (Å²) in [6, 6.07) is 13.1. The van der Waals surface area contributed by atoms with Crippen LogP contribution in [-0.2, 0) is 16.3 Å². The predicted molar refractivity (Wildman–Crippen MR) is 99.4 cm³/mol. The topological polar surface area (TPSA) is 54.3 Å². The summed E-state index contributed by atoms with van der Waals surface area (Å²) in [6.45, 7) is 1.65. The second-order valence-corrected chi connectivity index (χ2v) is 6.84. The maximum Gasteiger partial charge on any atom is 0.417 e. The number of nitrogens with zero attached hydrogens (tertiary/aromatic N) is 1. The molecule has 1 saturated heterocycles. The van der Waals surface area contributed by atoms with Gasteiger partial charge >= 0.3 is 6.18 Å². The third-order valence-electron chi connectivity index (χ3n) is 5.23. The molecule has 1 heterocycles. The predicted octanol–water partition coefficient (Wildman–Crippen LogP) is 4.75. The van der Waals surface area contributed by atoms with Gasteiger partial charge in [-0.15, -0.1) is 0 Å². The van der Waals surface area contributed by atoms with Crippen LogP contribution in [0.5, 0.6) is 5.75 Å². The molecule has 1 fully saturated rings. The molecule has 0 aliphatic carbocycles. The summed E-state index contributed by atoms with van der Waals surface area (Å²) < 4.78 is 50.4. The second kappa shape index (κ2) is 8.11. The molecule has 1 N–H and O–H groups in total. The van der Waals surface area contributed by atoms with Crippen molar-refractivity contribution in [2.75, 3.05) is 32.2 Å². The fraction of sp³-hybridized carbons (Fsp3) is 0.381. The largest absolute Gasteiger partial charge is 0.497 e. The van der Waals surface area contributed by atoms with Crippen LogP contribution < -0.4 is 10.1 Å². The first-order valence-corrected chi connectivity index (χ1v) is 8.95. The molecule has 1 aliphatic rings. The van der Waals surface area contributed by atoms with Gasteiger partial charge in [0.25, 0.3) is 0 Å². The smallest absolute Gasteiger partial charge is 0.417 e. The molecular weight excluding hydrogens is 369 g/mol. The van der Waals surface area contributed by atoms with Crippen LogP contribution in [0.1, 0.15) is 29.5 Å². The molecule has 0 unspecified atom stereocenters. The van der Waals surface area contributed by atoms with Crippen LogP contribution in [0.25, 0.3) is 0 Å². The van der Waals surface area contributed by atoms with Crippen LogP contribution in [0.3, 0.4) is 0 Å². The van der Waals surface area contributed by atoms with Gasteiger partial charge in [-0.25, -0.2) is 0 Å². The number of nitriles is 1. The van der Waals surface area contributed by atoms with Crippen molar-refractivity contribution in [3.8, 4) is 11.8 Å². The van der Waals surface area contributed by atoms with Gasteiger partial charge in [0.1, 0.15) is 5.75 Å². The van der Waals surface area contributed by atoms with Gasteiger partial charge in [-0.05, 0) is 48.7 Å². The lowest BCUT2D eigenvalue weighted by Crippen LogP contribution is -2.40. The van der Waals surface area contributed by atoms with Crippen molar-refractivity contribution in [1.82, 2.24) is 0 Å². The van der Waals surface area contributed by atoms with Gasteiger partial charge in [-0.3, -0.25) is 0 Å². The Bertz CT molecular complexity index is 851. The van der Waals surface area contributed by atoms with E-state index in [4.69, 9.17) is 14.7 Å². The maximum atomic E-state index is 13.2. The number of hydrogen-bond acceptors (Lipinski definition) is 4. The summed E-state index contributed by atoms with van der Waals surface area (Å²) in [5, 5.41) is 12.1. The minimum absolute atomic E-state index is 0.253. The lowest BCUT2D eigenvalue weighted by Gasteiger charge is -2.38. The first-order valence-electron chi connectivity index (χ1n) is 8.95. The van der Waals surface area contributed by atoms with Crippen molar-refractivity contribution in [1.29, 1.82) is 5.26 Å². The van der Waals surface area contributed by atoms with E-state index >= 15 is 0 Å². The zero-order valence-electron chi connectivity index (χ0n) is 15.5. The Kier molecular flexibility index (Phi) is 5.80. The van der Waals surface area contributed by atoms with E-state index in [0.717, 1.165) is 30.2 Å². The summed E-state index contributed by atoms with van der Waals surface area (Å²) in [5.74, 6) is 0.751. The summed E-state index contributed by atoms with van der Waals surface area (Å²) in [6.07, 6.45) is -3.06. The van der Waals surface area contributed by atoms with Crippen molar-refractivity contribution in [2.45, 2.75) is 24.4 Å². The monoisotopic (exact) mass is 390 g/mol. The molecule has 4 nitrogen and oxygen atoms in total. The van der Waals surface area contributed by atoms with Gasteiger partial charge in [-0.1, -0.05) is 12.1 Å². The van der Waals surface area contributed by atoms with E-state index < -0.39 is 11.7 Å². The van der Waals surface area contributed by atoms with Crippen LogP contribution in [0.4, 0.5) is 18.9 Å². The van der Waals surface area contributed by atoms with Gasteiger partial charge in [0.15, 0.2) is 0 Å². The third kappa shape index (κ3) is 4.23. The lowest BCUT2D eigenvalue weighted by atomic mass is 9.74. The highest BCUT2D eigenvalue weighted by Crippen LogP contribution is 2.37. The summed E-state index contributed by atoms with van der Waals surface area (Å²) >= 11 is 0. The first kappa shape index (κ1) is 20.0. The number of ether oxygens (including phenoxy) is 2. The van der Waals surface area contributed by atoms with Crippen LogP contribution >= 0.6 is 0 Å². The molecule has 0 aromatic heterocycles. The SMILES string of the molecule is COc1ccc(C2(CNc3ccc(C#N)c(C(F)(F)F)c3)CCOCC2)cc1. The molecule has 0 amide bonds. The molecule has 2 aromatic rings. The number of anilines is 1. The third-order valence-corrected chi connectivity index (χ3v) is 5.23. The fourth-order valence-corrected chi connectivity index (χ4v) is 3.53. The first-order chi connectivity index (χ1) is 13.4. The van der Waals surface area contributed by atoms with Crippen molar-refractivity contribution >= 4 is 5.69 Å². The van der Waals surface area contributed by atoms with Gasteiger partial charge < -0.3 is 14.8 Å². The number of hydrogen-bond donors (Lipinski definition) is 1. The molecule has 0 saturated carbocycles. The number of benzene rings is 2. The Labute approximate surface area is 161 Å². The quantitative estimate of drug-likeness (QED) is 0.801. The Morgan fingerprint density at radius 2 is 1.82 bits per heavy atom. The Hall–Kier alpha value is -2.72. The Morgan fingerprint density at radius 1 is 1.14 bits per heavy atom. The zero-order chi connectivity index (χ0) is 20.2.